The molecule has 0 radical (unpaired) electrons. The number of rotatable bonds is 18. The minimum Gasteiger partial charge on any atom is -0.464 e. The summed E-state index contributed by atoms with van der Waals surface area (Å²) >= 11 is 0. The Labute approximate surface area is 190 Å². The molecular weight excluding hydrogens is 386 g/mol. The molecule has 31 heavy (non-hydrogen) atoms. The molecule has 0 heterocycles. The zero-order chi connectivity index (χ0) is 22.7. The summed E-state index contributed by atoms with van der Waals surface area (Å²) in [6.45, 7) is 6.53. The predicted octanol–water partition coefficient (Wildman–Crippen LogP) is 7.00. The molecule has 0 aliphatic heterocycles. The zero-order valence-corrected chi connectivity index (χ0v) is 20.2. The highest BCUT2D eigenvalue weighted by Crippen LogP contribution is 2.11. The lowest BCUT2D eigenvalue weighted by atomic mass is 10.1. The largest absolute Gasteiger partial charge is 0.464 e. The molecule has 1 unspecified atom stereocenters. The van der Waals surface area contributed by atoms with Gasteiger partial charge in [0.15, 0.2) is 0 Å². The van der Waals surface area contributed by atoms with E-state index in [9.17, 15) is 9.59 Å². The Bertz CT molecular complexity index is 597. The SMILES string of the molecule is CCCCCCCCCCCCCOC(=O)C(C)NC(=O)c1ccc(CCCC)cc1. The number of aryl methyl sites for hydroxylation is 1. The lowest BCUT2D eigenvalue weighted by molar-refractivity contribution is -0.145. The highest BCUT2D eigenvalue weighted by molar-refractivity contribution is 5.96. The molecule has 0 saturated carbocycles. The second-order valence-corrected chi connectivity index (χ2v) is 8.70. The maximum atomic E-state index is 12.3. The van der Waals surface area contributed by atoms with Crippen LogP contribution in [0.4, 0.5) is 0 Å². The van der Waals surface area contributed by atoms with Gasteiger partial charge in [-0.3, -0.25) is 4.79 Å². The van der Waals surface area contributed by atoms with Crippen molar-refractivity contribution in [1.29, 1.82) is 0 Å². The van der Waals surface area contributed by atoms with Crippen molar-refractivity contribution in [2.24, 2.45) is 0 Å². The molecule has 0 aliphatic carbocycles. The van der Waals surface area contributed by atoms with Gasteiger partial charge in [0.1, 0.15) is 6.04 Å². The van der Waals surface area contributed by atoms with Gasteiger partial charge < -0.3 is 10.1 Å². The first-order chi connectivity index (χ1) is 15.1. The summed E-state index contributed by atoms with van der Waals surface area (Å²) < 4.78 is 5.33. The van der Waals surface area contributed by atoms with Crippen LogP contribution in [0.1, 0.15) is 120 Å². The van der Waals surface area contributed by atoms with Crippen LogP contribution in [0.15, 0.2) is 24.3 Å². The Balaban J connectivity index is 2.09. The lowest BCUT2D eigenvalue weighted by Crippen LogP contribution is -2.39. The molecule has 4 nitrogen and oxygen atoms in total. The molecule has 4 heteroatoms. The fourth-order valence-corrected chi connectivity index (χ4v) is 3.61. The van der Waals surface area contributed by atoms with Gasteiger partial charge in [0.25, 0.3) is 5.91 Å². The average molecular weight is 432 g/mol. The summed E-state index contributed by atoms with van der Waals surface area (Å²) in [6, 6.07) is 6.98. The van der Waals surface area contributed by atoms with Gasteiger partial charge in [-0.2, -0.15) is 0 Å². The lowest BCUT2D eigenvalue weighted by Gasteiger charge is -2.13. The van der Waals surface area contributed by atoms with Gasteiger partial charge in [-0.1, -0.05) is 96.6 Å². The summed E-state index contributed by atoms with van der Waals surface area (Å²) in [7, 11) is 0. The zero-order valence-electron chi connectivity index (χ0n) is 20.2. The molecule has 1 amide bonds. The van der Waals surface area contributed by atoms with Crippen LogP contribution >= 0.6 is 0 Å². The first kappa shape index (κ1) is 27.2. The molecule has 0 fully saturated rings. The third-order valence-corrected chi connectivity index (χ3v) is 5.73. The molecule has 0 aliphatic rings. The Morgan fingerprint density at radius 2 is 1.29 bits per heavy atom. The third kappa shape index (κ3) is 13.2. The van der Waals surface area contributed by atoms with Crippen LogP contribution in [0.5, 0.6) is 0 Å². The summed E-state index contributed by atoms with van der Waals surface area (Å²) in [5.74, 6) is -0.596. The molecule has 0 aromatic heterocycles. The summed E-state index contributed by atoms with van der Waals surface area (Å²) in [5.41, 5.74) is 1.81. The van der Waals surface area contributed by atoms with E-state index in [4.69, 9.17) is 4.74 Å². The number of carbonyl (C=O) groups is 2. The predicted molar refractivity (Wildman–Crippen MR) is 129 cm³/mol. The molecule has 1 aromatic rings. The highest BCUT2D eigenvalue weighted by Gasteiger charge is 2.17. The Hall–Kier alpha value is -1.84. The summed E-state index contributed by atoms with van der Waals surface area (Å²) in [4.78, 5) is 24.5. The van der Waals surface area contributed by atoms with Crippen molar-refractivity contribution in [3.8, 4) is 0 Å². The minimum absolute atomic E-state index is 0.235. The Morgan fingerprint density at radius 3 is 1.84 bits per heavy atom. The van der Waals surface area contributed by atoms with E-state index in [1.807, 2.05) is 24.3 Å². The van der Waals surface area contributed by atoms with Gasteiger partial charge in [-0.25, -0.2) is 4.79 Å². The number of nitrogens with one attached hydrogen (secondary N) is 1. The van der Waals surface area contributed by atoms with E-state index in [1.54, 1.807) is 6.92 Å². The first-order valence-corrected chi connectivity index (χ1v) is 12.6. The molecule has 0 bridgehead atoms. The van der Waals surface area contributed by atoms with E-state index in [2.05, 4.69) is 19.2 Å². The van der Waals surface area contributed by atoms with E-state index in [1.165, 1.54) is 63.4 Å². The molecule has 1 N–H and O–H groups in total. The van der Waals surface area contributed by atoms with Crippen molar-refractivity contribution in [3.63, 3.8) is 0 Å². The fraction of sp³-hybridized carbons (Fsp3) is 0.704. The Morgan fingerprint density at radius 1 is 0.774 bits per heavy atom. The fourth-order valence-electron chi connectivity index (χ4n) is 3.61. The van der Waals surface area contributed by atoms with E-state index in [-0.39, 0.29) is 11.9 Å². The molecule has 0 saturated heterocycles. The van der Waals surface area contributed by atoms with Crippen LogP contribution in [0.3, 0.4) is 0 Å². The summed E-state index contributed by atoms with van der Waals surface area (Å²) in [6.07, 6.45) is 17.2. The molecule has 0 spiro atoms. The number of carbonyl (C=O) groups excluding carboxylic acids is 2. The van der Waals surface area contributed by atoms with E-state index >= 15 is 0 Å². The van der Waals surface area contributed by atoms with Gasteiger partial charge in [-0.15, -0.1) is 0 Å². The second kappa shape index (κ2) is 17.8. The van der Waals surface area contributed by atoms with Gasteiger partial charge in [0.2, 0.25) is 0 Å². The van der Waals surface area contributed by atoms with Crippen LogP contribution < -0.4 is 5.32 Å². The van der Waals surface area contributed by atoms with Crippen LogP contribution in [0.25, 0.3) is 0 Å². The quantitative estimate of drug-likeness (QED) is 0.201. The smallest absolute Gasteiger partial charge is 0.328 e. The molecule has 1 aromatic carbocycles. The topological polar surface area (TPSA) is 55.4 Å². The number of unbranched alkanes of at least 4 members (excludes halogenated alkanes) is 11. The maximum Gasteiger partial charge on any atom is 0.328 e. The van der Waals surface area contributed by atoms with Crippen molar-refractivity contribution in [1.82, 2.24) is 5.32 Å². The number of hydrogen-bond acceptors (Lipinski definition) is 3. The molecule has 1 rings (SSSR count). The van der Waals surface area contributed by atoms with Crippen molar-refractivity contribution in [3.05, 3.63) is 35.4 Å². The van der Waals surface area contributed by atoms with Crippen LogP contribution in [-0.4, -0.2) is 24.5 Å². The van der Waals surface area contributed by atoms with Crippen LogP contribution in [0.2, 0.25) is 0 Å². The van der Waals surface area contributed by atoms with Crippen LogP contribution in [-0.2, 0) is 16.0 Å². The number of ether oxygens (including phenoxy) is 1. The average Bonchev–Trinajstić information content (AvgIpc) is 2.78. The van der Waals surface area contributed by atoms with Crippen molar-refractivity contribution < 1.29 is 14.3 Å². The number of benzene rings is 1. The standard InChI is InChI=1S/C27H45NO3/c1-4-6-8-9-10-11-12-13-14-15-16-22-31-27(30)23(3)28-26(29)25-20-18-24(19-21-25)17-7-5-2/h18-21,23H,4-17,22H2,1-3H3,(H,28,29). The second-order valence-electron chi connectivity index (χ2n) is 8.70. The van der Waals surface area contributed by atoms with E-state index in [0.29, 0.717) is 12.2 Å². The number of esters is 1. The number of hydrogen-bond donors (Lipinski definition) is 1. The Kier molecular flexibility index (Phi) is 15.6. The first-order valence-electron chi connectivity index (χ1n) is 12.6. The van der Waals surface area contributed by atoms with Crippen molar-refractivity contribution in [2.75, 3.05) is 6.61 Å². The monoisotopic (exact) mass is 431 g/mol. The summed E-state index contributed by atoms with van der Waals surface area (Å²) in [5, 5.41) is 2.74. The van der Waals surface area contributed by atoms with E-state index < -0.39 is 6.04 Å². The maximum absolute atomic E-state index is 12.3. The highest BCUT2D eigenvalue weighted by atomic mass is 16.5. The van der Waals surface area contributed by atoms with Gasteiger partial charge in [0, 0.05) is 5.56 Å². The van der Waals surface area contributed by atoms with Gasteiger partial charge in [0.05, 0.1) is 6.61 Å². The van der Waals surface area contributed by atoms with Crippen molar-refractivity contribution in [2.45, 2.75) is 117 Å². The van der Waals surface area contributed by atoms with E-state index in [0.717, 1.165) is 32.1 Å². The third-order valence-electron chi connectivity index (χ3n) is 5.73. The van der Waals surface area contributed by atoms with Gasteiger partial charge in [-0.05, 0) is 43.9 Å². The van der Waals surface area contributed by atoms with Crippen LogP contribution in [0, 0.1) is 0 Å². The normalized spacial score (nSPS) is 11.8. The number of amides is 1. The molecular formula is C27H45NO3. The minimum atomic E-state index is -0.639. The van der Waals surface area contributed by atoms with Gasteiger partial charge >= 0.3 is 5.97 Å². The molecule has 1 atom stereocenters. The van der Waals surface area contributed by atoms with Crippen molar-refractivity contribution >= 4 is 11.9 Å². The molecule has 176 valence electrons.